The van der Waals surface area contributed by atoms with E-state index >= 15 is 0 Å². The summed E-state index contributed by atoms with van der Waals surface area (Å²) >= 11 is 0. The minimum absolute atomic E-state index is 0.170. The molecule has 1 aliphatic heterocycles. The van der Waals surface area contributed by atoms with E-state index in [0.717, 1.165) is 17.6 Å². The molecule has 1 fully saturated rings. The van der Waals surface area contributed by atoms with Crippen molar-refractivity contribution in [2.24, 2.45) is 5.73 Å². The van der Waals surface area contributed by atoms with Crippen molar-refractivity contribution in [2.45, 2.75) is 25.2 Å². The van der Waals surface area contributed by atoms with Gasteiger partial charge in [0, 0.05) is 31.7 Å². The number of methoxy groups -OCH3 is 1. The van der Waals surface area contributed by atoms with Gasteiger partial charge in [-0.15, -0.1) is 0 Å². The zero-order valence-corrected chi connectivity index (χ0v) is 13.1. The first-order valence-electron chi connectivity index (χ1n) is 7.74. The molecule has 6 nitrogen and oxygen atoms in total. The minimum Gasteiger partial charge on any atom is -0.497 e. The van der Waals surface area contributed by atoms with Crippen LogP contribution in [0.4, 0.5) is 4.39 Å². The van der Waals surface area contributed by atoms with E-state index < -0.39 is 6.17 Å². The molecule has 1 saturated heterocycles. The lowest BCUT2D eigenvalue weighted by Crippen LogP contribution is -2.49. The maximum Gasteiger partial charge on any atom is 0.269 e. The third-order valence-electron chi connectivity index (χ3n) is 4.37. The highest BCUT2D eigenvalue weighted by Crippen LogP contribution is 2.18. The van der Waals surface area contributed by atoms with Crippen LogP contribution >= 0.6 is 0 Å². The molecule has 0 bridgehead atoms. The van der Waals surface area contributed by atoms with Gasteiger partial charge in [0.05, 0.1) is 24.3 Å². The number of likely N-dealkylation sites (tertiary alicyclic amines) is 1. The Hall–Kier alpha value is -1.99. The molecule has 0 amide bonds. The highest BCUT2D eigenvalue weighted by atomic mass is 19.1. The van der Waals surface area contributed by atoms with Crippen molar-refractivity contribution in [1.29, 1.82) is 0 Å². The van der Waals surface area contributed by atoms with Gasteiger partial charge in [0.2, 0.25) is 0 Å². The van der Waals surface area contributed by atoms with E-state index in [1.54, 1.807) is 17.7 Å². The van der Waals surface area contributed by atoms with Gasteiger partial charge in [-0.25, -0.2) is 9.37 Å². The Bertz CT molecular complexity index is 748. The molecule has 0 saturated carbocycles. The largest absolute Gasteiger partial charge is 0.497 e. The number of piperidine rings is 1. The van der Waals surface area contributed by atoms with Crippen LogP contribution in [0.2, 0.25) is 0 Å². The Labute approximate surface area is 133 Å². The maximum absolute atomic E-state index is 13.7. The third kappa shape index (κ3) is 3.35. The van der Waals surface area contributed by atoms with Gasteiger partial charge in [-0.1, -0.05) is 0 Å². The second-order valence-corrected chi connectivity index (χ2v) is 5.87. The number of rotatable bonds is 4. The van der Waals surface area contributed by atoms with Crippen molar-refractivity contribution in [1.82, 2.24) is 14.5 Å². The lowest BCUT2D eigenvalue weighted by molar-refractivity contribution is 0.116. The van der Waals surface area contributed by atoms with E-state index in [9.17, 15) is 9.18 Å². The van der Waals surface area contributed by atoms with E-state index in [4.69, 9.17) is 10.5 Å². The SMILES string of the molecule is COc1ccc2ncc(=O)n(CCN3CCC(N)C(F)C3)c2c1. The summed E-state index contributed by atoms with van der Waals surface area (Å²) in [5.41, 5.74) is 6.98. The van der Waals surface area contributed by atoms with Gasteiger partial charge in [0.25, 0.3) is 5.56 Å². The smallest absolute Gasteiger partial charge is 0.269 e. The van der Waals surface area contributed by atoms with Gasteiger partial charge in [-0.3, -0.25) is 9.69 Å². The molecular formula is C16H21FN4O2. The number of fused-ring (bicyclic) bond motifs is 1. The van der Waals surface area contributed by atoms with Crippen LogP contribution in [-0.2, 0) is 6.54 Å². The molecule has 3 rings (SSSR count). The van der Waals surface area contributed by atoms with Crippen LogP contribution in [0.3, 0.4) is 0 Å². The van der Waals surface area contributed by atoms with Crippen molar-refractivity contribution in [2.75, 3.05) is 26.7 Å². The van der Waals surface area contributed by atoms with Crippen LogP contribution < -0.4 is 16.0 Å². The first-order chi connectivity index (χ1) is 11.1. The summed E-state index contributed by atoms with van der Waals surface area (Å²) in [5.74, 6) is 0.673. The van der Waals surface area contributed by atoms with Crippen LogP contribution in [0.5, 0.6) is 5.75 Å². The number of hydrogen-bond donors (Lipinski definition) is 1. The average Bonchev–Trinajstić information content (AvgIpc) is 2.56. The predicted octanol–water partition coefficient (Wildman–Crippen LogP) is 0.776. The molecule has 2 aromatic rings. The van der Waals surface area contributed by atoms with Gasteiger partial charge >= 0.3 is 0 Å². The number of hydrogen-bond acceptors (Lipinski definition) is 5. The van der Waals surface area contributed by atoms with Crippen LogP contribution in [0.25, 0.3) is 11.0 Å². The van der Waals surface area contributed by atoms with E-state index in [1.165, 1.54) is 6.20 Å². The fraction of sp³-hybridized carbons (Fsp3) is 0.500. The van der Waals surface area contributed by atoms with Gasteiger partial charge < -0.3 is 15.0 Å². The predicted molar refractivity (Wildman–Crippen MR) is 86.5 cm³/mol. The standard InChI is InChI=1S/C16H21FN4O2/c1-23-11-2-3-14-15(8-11)21(16(22)9-19-14)7-6-20-5-4-13(18)12(17)10-20/h2-3,8-9,12-13H,4-7,10,18H2,1H3. The summed E-state index contributed by atoms with van der Waals surface area (Å²) in [6.07, 6.45) is 0.953. The second-order valence-electron chi connectivity index (χ2n) is 5.87. The van der Waals surface area contributed by atoms with Crippen molar-refractivity contribution in [3.05, 3.63) is 34.7 Å². The topological polar surface area (TPSA) is 73.4 Å². The van der Waals surface area contributed by atoms with Gasteiger partial charge in [0.1, 0.15) is 11.9 Å². The molecule has 1 aromatic carbocycles. The molecule has 2 N–H and O–H groups in total. The van der Waals surface area contributed by atoms with Gasteiger partial charge in [-0.05, 0) is 25.1 Å². The normalized spacial score (nSPS) is 22.4. The van der Waals surface area contributed by atoms with Crippen LogP contribution in [-0.4, -0.2) is 53.4 Å². The monoisotopic (exact) mass is 320 g/mol. The third-order valence-corrected chi connectivity index (χ3v) is 4.37. The summed E-state index contributed by atoms with van der Waals surface area (Å²) in [7, 11) is 1.58. The van der Waals surface area contributed by atoms with Crippen LogP contribution in [0.1, 0.15) is 6.42 Å². The van der Waals surface area contributed by atoms with Crippen molar-refractivity contribution < 1.29 is 9.13 Å². The van der Waals surface area contributed by atoms with Crippen molar-refractivity contribution in [3.8, 4) is 5.75 Å². The summed E-state index contributed by atoms with van der Waals surface area (Å²) in [5, 5.41) is 0. The molecule has 0 radical (unpaired) electrons. The zero-order valence-electron chi connectivity index (χ0n) is 13.1. The molecule has 2 heterocycles. The molecule has 7 heteroatoms. The molecule has 2 atom stereocenters. The van der Waals surface area contributed by atoms with Gasteiger partial charge in [0.15, 0.2) is 0 Å². The Balaban J connectivity index is 1.82. The zero-order chi connectivity index (χ0) is 16.4. The van der Waals surface area contributed by atoms with Gasteiger partial charge in [-0.2, -0.15) is 0 Å². The van der Waals surface area contributed by atoms with E-state index in [0.29, 0.717) is 31.8 Å². The van der Waals surface area contributed by atoms with E-state index in [-0.39, 0.29) is 11.6 Å². The Kier molecular flexibility index (Phi) is 4.58. The molecule has 2 unspecified atom stereocenters. The summed E-state index contributed by atoms with van der Waals surface area (Å²) in [4.78, 5) is 18.3. The van der Waals surface area contributed by atoms with Crippen molar-refractivity contribution in [3.63, 3.8) is 0 Å². The second kappa shape index (κ2) is 6.64. The lowest BCUT2D eigenvalue weighted by Gasteiger charge is -2.32. The molecule has 124 valence electrons. The molecule has 23 heavy (non-hydrogen) atoms. The number of halogens is 1. The molecule has 1 aliphatic rings. The Morgan fingerprint density at radius 3 is 3.00 bits per heavy atom. The molecule has 0 spiro atoms. The number of benzene rings is 1. The molecular weight excluding hydrogens is 299 g/mol. The van der Waals surface area contributed by atoms with E-state index in [2.05, 4.69) is 4.98 Å². The lowest BCUT2D eigenvalue weighted by atomic mass is 10.0. The number of ether oxygens (including phenoxy) is 1. The number of alkyl halides is 1. The summed E-state index contributed by atoms with van der Waals surface area (Å²) in [6.45, 7) is 2.15. The number of aromatic nitrogens is 2. The Morgan fingerprint density at radius 1 is 1.43 bits per heavy atom. The van der Waals surface area contributed by atoms with Crippen LogP contribution in [0, 0.1) is 0 Å². The molecule has 1 aromatic heterocycles. The maximum atomic E-state index is 13.7. The van der Waals surface area contributed by atoms with Crippen molar-refractivity contribution >= 4 is 11.0 Å². The fourth-order valence-electron chi connectivity index (χ4n) is 2.93. The fourth-order valence-corrected chi connectivity index (χ4v) is 2.93. The number of nitrogens with zero attached hydrogens (tertiary/aromatic N) is 3. The average molecular weight is 320 g/mol. The quantitative estimate of drug-likeness (QED) is 0.901. The first kappa shape index (κ1) is 15.9. The summed E-state index contributed by atoms with van der Waals surface area (Å²) < 4.78 is 20.6. The first-order valence-corrected chi connectivity index (χ1v) is 7.74. The van der Waals surface area contributed by atoms with E-state index in [1.807, 2.05) is 17.0 Å². The Morgan fingerprint density at radius 2 is 2.26 bits per heavy atom. The number of nitrogens with two attached hydrogens (primary N) is 1. The van der Waals surface area contributed by atoms with Crippen LogP contribution in [0.15, 0.2) is 29.2 Å². The highest BCUT2D eigenvalue weighted by molar-refractivity contribution is 5.76. The molecule has 0 aliphatic carbocycles. The summed E-state index contributed by atoms with van der Waals surface area (Å²) in [6, 6.07) is 5.05. The highest BCUT2D eigenvalue weighted by Gasteiger charge is 2.26. The minimum atomic E-state index is -1.00.